The van der Waals surface area contributed by atoms with Crippen LogP contribution in [-0.2, 0) is 0 Å². The standard InChI is InChI=1S/C32H23ClN4O7S/c1-2-43-26-16-19(8-15-25(26)44-32(40)21-6-4-3-5-7-21)18-34-36-30(38)20-9-11-22(12-10-20)35-31(39)29-28(33)24-14-13-23(37(41)42)17-27(24)45-29/h3-18H,2H2,1H3,(H,35,39)(H,36,38)/b34-18-. The number of non-ortho nitro benzene ring substituents is 1. The van der Waals surface area contributed by atoms with E-state index in [2.05, 4.69) is 15.8 Å². The molecule has 4 aromatic carbocycles. The molecule has 1 heterocycles. The second-order valence-electron chi connectivity index (χ2n) is 9.31. The van der Waals surface area contributed by atoms with E-state index in [1.807, 2.05) is 0 Å². The number of benzene rings is 4. The summed E-state index contributed by atoms with van der Waals surface area (Å²) in [5.74, 6) is -0.909. The number of hydrogen-bond donors (Lipinski definition) is 2. The van der Waals surface area contributed by atoms with Crippen LogP contribution in [-0.4, -0.2) is 35.5 Å². The van der Waals surface area contributed by atoms with E-state index in [1.54, 1.807) is 67.6 Å². The third-order valence-electron chi connectivity index (χ3n) is 6.29. The molecule has 5 rings (SSSR count). The lowest BCUT2D eigenvalue weighted by atomic mass is 10.2. The van der Waals surface area contributed by atoms with Gasteiger partial charge in [0.1, 0.15) is 4.88 Å². The van der Waals surface area contributed by atoms with Crippen LogP contribution >= 0.6 is 22.9 Å². The van der Waals surface area contributed by atoms with E-state index in [-0.39, 0.29) is 26.9 Å². The van der Waals surface area contributed by atoms with Crippen LogP contribution in [0.4, 0.5) is 11.4 Å². The molecule has 1 aromatic heterocycles. The lowest BCUT2D eigenvalue weighted by molar-refractivity contribution is -0.384. The lowest BCUT2D eigenvalue weighted by Gasteiger charge is -2.11. The zero-order valence-electron chi connectivity index (χ0n) is 23.5. The molecule has 13 heteroatoms. The van der Waals surface area contributed by atoms with Crippen LogP contribution in [0.1, 0.15) is 42.9 Å². The first kappa shape index (κ1) is 30.9. The monoisotopic (exact) mass is 642 g/mol. The fourth-order valence-corrected chi connectivity index (χ4v) is 5.57. The smallest absolute Gasteiger partial charge is 0.343 e. The number of amides is 2. The molecule has 0 bridgehead atoms. The van der Waals surface area contributed by atoms with Crippen molar-refractivity contribution in [2.24, 2.45) is 5.10 Å². The zero-order valence-corrected chi connectivity index (χ0v) is 25.1. The number of hydrogen-bond acceptors (Lipinski definition) is 9. The minimum Gasteiger partial charge on any atom is -0.490 e. The molecule has 0 fully saturated rings. The number of carbonyl (C=O) groups is 3. The van der Waals surface area contributed by atoms with Crippen molar-refractivity contribution in [3.63, 3.8) is 0 Å². The second-order valence-corrected chi connectivity index (χ2v) is 10.7. The van der Waals surface area contributed by atoms with Crippen molar-refractivity contribution in [1.82, 2.24) is 5.43 Å². The molecule has 2 amide bonds. The average Bonchev–Trinajstić information content (AvgIpc) is 3.38. The molecule has 0 saturated heterocycles. The lowest BCUT2D eigenvalue weighted by Crippen LogP contribution is -2.17. The maximum Gasteiger partial charge on any atom is 0.343 e. The molecule has 0 atom stereocenters. The highest BCUT2D eigenvalue weighted by Gasteiger charge is 2.20. The Morgan fingerprint density at radius 1 is 0.933 bits per heavy atom. The molecule has 0 radical (unpaired) electrons. The number of fused-ring (bicyclic) bond motifs is 1. The molecule has 0 aliphatic rings. The fraction of sp³-hybridized carbons (Fsp3) is 0.0625. The largest absolute Gasteiger partial charge is 0.490 e. The number of halogens is 1. The number of carbonyl (C=O) groups excluding carboxylic acids is 3. The van der Waals surface area contributed by atoms with Gasteiger partial charge in [0.25, 0.3) is 17.5 Å². The van der Waals surface area contributed by atoms with Gasteiger partial charge < -0.3 is 14.8 Å². The number of anilines is 1. The Balaban J connectivity index is 1.20. The van der Waals surface area contributed by atoms with Crippen LogP contribution < -0.4 is 20.2 Å². The predicted octanol–water partition coefficient (Wildman–Crippen LogP) is 7.10. The maximum atomic E-state index is 12.9. The zero-order chi connectivity index (χ0) is 31.9. The van der Waals surface area contributed by atoms with Gasteiger partial charge in [0.2, 0.25) is 0 Å². The highest BCUT2D eigenvalue weighted by atomic mass is 35.5. The Labute approximate surface area is 265 Å². The quantitative estimate of drug-likeness (QED) is 0.0542. The summed E-state index contributed by atoms with van der Waals surface area (Å²) >= 11 is 7.42. The Hall–Kier alpha value is -5.59. The van der Waals surface area contributed by atoms with Crippen LogP contribution in [0.3, 0.4) is 0 Å². The number of nitrogens with one attached hydrogen (secondary N) is 2. The fourth-order valence-electron chi connectivity index (χ4n) is 4.13. The van der Waals surface area contributed by atoms with E-state index in [9.17, 15) is 24.5 Å². The number of esters is 1. The number of nitro groups is 1. The Morgan fingerprint density at radius 2 is 1.69 bits per heavy atom. The van der Waals surface area contributed by atoms with Gasteiger partial charge in [0, 0.05) is 33.5 Å². The van der Waals surface area contributed by atoms with Crippen molar-refractivity contribution in [3.8, 4) is 11.5 Å². The van der Waals surface area contributed by atoms with Gasteiger partial charge in [-0.05, 0) is 73.2 Å². The van der Waals surface area contributed by atoms with Crippen molar-refractivity contribution in [1.29, 1.82) is 0 Å². The van der Waals surface area contributed by atoms with E-state index in [0.717, 1.165) is 11.3 Å². The summed E-state index contributed by atoms with van der Waals surface area (Å²) in [5.41, 5.74) is 4.04. The van der Waals surface area contributed by atoms with Crippen molar-refractivity contribution in [3.05, 3.63) is 128 Å². The van der Waals surface area contributed by atoms with Crippen LogP contribution in [0, 0.1) is 10.1 Å². The van der Waals surface area contributed by atoms with E-state index in [0.29, 0.717) is 39.3 Å². The molecule has 2 N–H and O–H groups in total. The summed E-state index contributed by atoms with van der Waals surface area (Å²) in [6, 6.07) is 23.8. The Morgan fingerprint density at radius 3 is 2.40 bits per heavy atom. The molecule has 226 valence electrons. The number of ether oxygens (including phenoxy) is 2. The third-order valence-corrected chi connectivity index (χ3v) is 7.95. The van der Waals surface area contributed by atoms with Gasteiger partial charge in [-0.2, -0.15) is 5.10 Å². The molecular formula is C32H23ClN4O7S. The maximum absolute atomic E-state index is 12.9. The molecule has 0 unspecified atom stereocenters. The predicted molar refractivity (Wildman–Crippen MR) is 172 cm³/mol. The van der Waals surface area contributed by atoms with Crippen molar-refractivity contribution in [2.45, 2.75) is 6.92 Å². The minimum atomic E-state index is -0.520. The van der Waals surface area contributed by atoms with Gasteiger partial charge in [-0.25, -0.2) is 10.2 Å². The SMILES string of the molecule is CCOc1cc(/C=N\NC(=O)c2ccc(NC(=O)c3sc4cc([N+](=O)[O-])ccc4c3Cl)cc2)ccc1OC(=O)c1ccccc1. The first-order valence-electron chi connectivity index (χ1n) is 13.4. The second kappa shape index (κ2) is 13.8. The highest BCUT2D eigenvalue weighted by molar-refractivity contribution is 7.21. The van der Waals surface area contributed by atoms with Gasteiger partial charge in [0.15, 0.2) is 11.5 Å². The summed E-state index contributed by atoms with van der Waals surface area (Å²) in [5, 5.41) is 18.5. The van der Waals surface area contributed by atoms with Gasteiger partial charge in [-0.3, -0.25) is 19.7 Å². The molecule has 5 aromatic rings. The minimum absolute atomic E-state index is 0.0967. The topological polar surface area (TPSA) is 149 Å². The average molecular weight is 643 g/mol. The molecule has 0 spiro atoms. The Bertz CT molecular complexity index is 1940. The highest BCUT2D eigenvalue weighted by Crippen LogP contribution is 2.37. The first-order valence-corrected chi connectivity index (χ1v) is 14.6. The first-order chi connectivity index (χ1) is 21.7. The Kier molecular flexibility index (Phi) is 9.46. The molecule has 0 aliphatic heterocycles. The number of nitro benzene ring substituents is 1. The number of rotatable bonds is 10. The van der Waals surface area contributed by atoms with Crippen molar-refractivity contribution >= 4 is 68.4 Å². The van der Waals surface area contributed by atoms with Crippen LogP contribution in [0.25, 0.3) is 10.1 Å². The van der Waals surface area contributed by atoms with Gasteiger partial charge >= 0.3 is 5.97 Å². The third kappa shape index (κ3) is 7.32. The van der Waals surface area contributed by atoms with Crippen LogP contribution in [0.15, 0.2) is 96.1 Å². The van der Waals surface area contributed by atoms with Crippen molar-refractivity contribution < 1.29 is 28.8 Å². The summed E-state index contributed by atoms with van der Waals surface area (Å²) in [6.45, 7) is 2.14. The normalized spacial score (nSPS) is 10.9. The molecule has 45 heavy (non-hydrogen) atoms. The van der Waals surface area contributed by atoms with Crippen molar-refractivity contribution in [2.75, 3.05) is 11.9 Å². The summed E-state index contributed by atoms with van der Waals surface area (Å²) in [4.78, 5) is 48.7. The summed E-state index contributed by atoms with van der Waals surface area (Å²) in [7, 11) is 0. The number of hydrazone groups is 1. The van der Waals surface area contributed by atoms with Gasteiger partial charge in [-0.1, -0.05) is 29.8 Å². The van der Waals surface area contributed by atoms with Gasteiger partial charge in [-0.15, -0.1) is 11.3 Å². The van der Waals surface area contributed by atoms with Crippen LogP contribution in [0.2, 0.25) is 5.02 Å². The van der Waals surface area contributed by atoms with E-state index < -0.39 is 22.7 Å². The van der Waals surface area contributed by atoms with Gasteiger partial charge in [0.05, 0.1) is 28.3 Å². The number of thiophene rings is 1. The molecule has 0 saturated carbocycles. The number of nitrogens with zero attached hydrogens (tertiary/aromatic N) is 2. The summed E-state index contributed by atoms with van der Waals surface area (Å²) in [6.07, 6.45) is 1.42. The van der Waals surface area contributed by atoms with Crippen LogP contribution in [0.5, 0.6) is 11.5 Å². The van der Waals surface area contributed by atoms with E-state index in [1.165, 1.54) is 36.5 Å². The van der Waals surface area contributed by atoms with E-state index >= 15 is 0 Å². The summed E-state index contributed by atoms with van der Waals surface area (Å²) < 4.78 is 11.6. The molecule has 0 aliphatic carbocycles. The van der Waals surface area contributed by atoms with E-state index in [4.69, 9.17) is 21.1 Å². The molecular weight excluding hydrogens is 620 g/mol. The molecule has 11 nitrogen and oxygen atoms in total.